The third-order valence-electron chi connectivity index (χ3n) is 4.52. The van der Waals surface area contributed by atoms with Crippen molar-refractivity contribution in [3.63, 3.8) is 0 Å². The number of pyridine rings is 1. The van der Waals surface area contributed by atoms with Gasteiger partial charge in [-0.1, -0.05) is 0 Å². The lowest BCUT2D eigenvalue weighted by molar-refractivity contribution is -0.169. The van der Waals surface area contributed by atoms with E-state index in [2.05, 4.69) is 11.1 Å². The second-order valence-electron chi connectivity index (χ2n) is 6.19. The van der Waals surface area contributed by atoms with Crippen LogP contribution in [0.1, 0.15) is 50.4 Å². The zero-order valence-corrected chi connectivity index (χ0v) is 13.3. The number of ether oxygens (including phenoxy) is 3. The molecule has 4 heterocycles. The molecular weight excluding hydrogens is 294 g/mol. The van der Waals surface area contributed by atoms with E-state index >= 15 is 0 Å². The monoisotopic (exact) mass is 317 g/mol. The summed E-state index contributed by atoms with van der Waals surface area (Å²) >= 11 is 0. The van der Waals surface area contributed by atoms with Crippen LogP contribution in [0.2, 0.25) is 0 Å². The van der Waals surface area contributed by atoms with Crippen LogP contribution in [0.5, 0.6) is 0 Å². The summed E-state index contributed by atoms with van der Waals surface area (Å²) in [4.78, 5) is 4.51. The van der Waals surface area contributed by atoms with Gasteiger partial charge in [-0.15, -0.1) is 0 Å². The first-order valence-electron chi connectivity index (χ1n) is 8.59. The fraction of sp³-hybridized carbons (Fsp3) is 0.647. The minimum Gasteiger partial charge on any atom is -0.356 e. The fourth-order valence-corrected chi connectivity index (χ4v) is 3.27. The third kappa shape index (κ3) is 3.24. The van der Waals surface area contributed by atoms with Crippen molar-refractivity contribution in [1.82, 2.24) is 14.8 Å². The standard InChI is InChI=1S/C17H23N3O3/c1-3-10-21-15(7-1)20-17-13(6-5-9-18-17)14(19-20)12-23-16-8-2-4-11-22-16/h5-6,9,15-16H,1-4,7-8,10-12H2. The van der Waals surface area contributed by atoms with Gasteiger partial charge in [-0.3, -0.25) is 0 Å². The highest BCUT2D eigenvalue weighted by atomic mass is 16.7. The predicted octanol–water partition coefficient (Wildman–Crippen LogP) is 3.17. The van der Waals surface area contributed by atoms with Crippen molar-refractivity contribution in [2.24, 2.45) is 0 Å². The van der Waals surface area contributed by atoms with Crippen molar-refractivity contribution in [3.8, 4) is 0 Å². The maximum atomic E-state index is 5.91. The molecule has 0 saturated carbocycles. The molecule has 0 aliphatic carbocycles. The summed E-state index contributed by atoms with van der Waals surface area (Å²) in [6.45, 7) is 2.03. The summed E-state index contributed by atoms with van der Waals surface area (Å²) in [5.41, 5.74) is 1.79. The van der Waals surface area contributed by atoms with Crippen LogP contribution in [0, 0.1) is 0 Å². The Morgan fingerprint density at radius 2 is 2.00 bits per heavy atom. The summed E-state index contributed by atoms with van der Waals surface area (Å²) in [6, 6.07) is 3.99. The van der Waals surface area contributed by atoms with Crippen LogP contribution < -0.4 is 0 Å². The second-order valence-corrected chi connectivity index (χ2v) is 6.19. The van der Waals surface area contributed by atoms with E-state index in [9.17, 15) is 0 Å². The molecule has 2 aliphatic heterocycles. The molecule has 0 radical (unpaired) electrons. The van der Waals surface area contributed by atoms with E-state index in [1.54, 1.807) is 6.20 Å². The molecule has 0 aromatic carbocycles. The Hall–Kier alpha value is -1.50. The van der Waals surface area contributed by atoms with Gasteiger partial charge in [0.15, 0.2) is 18.2 Å². The number of fused-ring (bicyclic) bond motifs is 1. The number of rotatable bonds is 4. The first kappa shape index (κ1) is 15.1. The third-order valence-corrected chi connectivity index (χ3v) is 4.52. The van der Waals surface area contributed by atoms with Gasteiger partial charge in [-0.05, 0) is 50.7 Å². The van der Waals surface area contributed by atoms with Crippen LogP contribution in [0.25, 0.3) is 11.0 Å². The van der Waals surface area contributed by atoms with Crippen LogP contribution in [0.15, 0.2) is 18.3 Å². The van der Waals surface area contributed by atoms with E-state index in [1.807, 2.05) is 10.7 Å². The lowest BCUT2D eigenvalue weighted by atomic mass is 10.2. The Morgan fingerprint density at radius 3 is 2.78 bits per heavy atom. The van der Waals surface area contributed by atoms with Crippen molar-refractivity contribution in [1.29, 1.82) is 0 Å². The zero-order valence-electron chi connectivity index (χ0n) is 13.3. The summed E-state index contributed by atoms with van der Waals surface area (Å²) in [5, 5.41) is 5.79. The van der Waals surface area contributed by atoms with Crippen molar-refractivity contribution >= 4 is 11.0 Å². The molecular formula is C17H23N3O3. The molecule has 6 heteroatoms. The van der Waals surface area contributed by atoms with Gasteiger partial charge >= 0.3 is 0 Å². The molecule has 0 spiro atoms. The Labute approximate surface area is 135 Å². The molecule has 2 unspecified atom stereocenters. The first-order valence-corrected chi connectivity index (χ1v) is 8.59. The molecule has 2 aromatic rings. The van der Waals surface area contributed by atoms with E-state index in [0.29, 0.717) is 6.61 Å². The van der Waals surface area contributed by atoms with Gasteiger partial charge < -0.3 is 14.2 Å². The Balaban J connectivity index is 1.56. The highest BCUT2D eigenvalue weighted by molar-refractivity contribution is 5.78. The minimum atomic E-state index is -0.105. The van der Waals surface area contributed by atoms with Crippen molar-refractivity contribution in [2.75, 3.05) is 13.2 Å². The first-order chi connectivity index (χ1) is 11.4. The van der Waals surface area contributed by atoms with Crippen molar-refractivity contribution in [2.45, 2.75) is 57.6 Å². The average Bonchev–Trinajstić information content (AvgIpc) is 3.01. The molecule has 6 nitrogen and oxygen atoms in total. The molecule has 2 aromatic heterocycles. The lowest BCUT2D eigenvalue weighted by Crippen LogP contribution is -2.22. The summed E-state index contributed by atoms with van der Waals surface area (Å²) < 4.78 is 19.3. The van der Waals surface area contributed by atoms with Crippen LogP contribution in [-0.4, -0.2) is 34.3 Å². The largest absolute Gasteiger partial charge is 0.356 e. The Bertz CT molecular complexity index is 646. The van der Waals surface area contributed by atoms with E-state index in [-0.39, 0.29) is 12.5 Å². The smallest absolute Gasteiger partial charge is 0.160 e. The molecule has 124 valence electrons. The molecule has 2 saturated heterocycles. The fourth-order valence-electron chi connectivity index (χ4n) is 3.27. The molecule has 0 bridgehead atoms. The SMILES string of the molecule is c1cnc2c(c1)c(COC1CCCCO1)nn2C1CCCCO1. The van der Waals surface area contributed by atoms with Crippen LogP contribution >= 0.6 is 0 Å². The molecule has 0 amide bonds. The normalized spacial score (nSPS) is 25.7. The number of aromatic nitrogens is 3. The summed E-state index contributed by atoms with van der Waals surface area (Å²) in [5.74, 6) is 0. The van der Waals surface area contributed by atoms with Crippen LogP contribution in [0.4, 0.5) is 0 Å². The molecule has 2 fully saturated rings. The highest BCUT2D eigenvalue weighted by Gasteiger charge is 2.22. The van der Waals surface area contributed by atoms with Crippen molar-refractivity contribution in [3.05, 3.63) is 24.0 Å². The van der Waals surface area contributed by atoms with Gasteiger partial charge in [0.05, 0.1) is 12.3 Å². The number of hydrogen-bond acceptors (Lipinski definition) is 5. The quantitative estimate of drug-likeness (QED) is 0.867. The summed E-state index contributed by atoms with van der Waals surface area (Å²) in [6.07, 6.45) is 8.21. The van der Waals surface area contributed by atoms with Crippen LogP contribution in [0.3, 0.4) is 0 Å². The lowest BCUT2D eigenvalue weighted by Gasteiger charge is -2.23. The highest BCUT2D eigenvalue weighted by Crippen LogP contribution is 2.27. The Morgan fingerprint density at radius 1 is 1.13 bits per heavy atom. The number of nitrogens with zero attached hydrogens (tertiary/aromatic N) is 3. The molecule has 23 heavy (non-hydrogen) atoms. The Kier molecular flexibility index (Phi) is 4.55. The van der Waals surface area contributed by atoms with E-state index in [1.165, 1.54) is 6.42 Å². The maximum absolute atomic E-state index is 5.91. The van der Waals surface area contributed by atoms with E-state index in [4.69, 9.17) is 19.3 Å². The molecule has 2 atom stereocenters. The molecule has 2 aliphatic rings. The maximum Gasteiger partial charge on any atom is 0.160 e. The van der Waals surface area contributed by atoms with Gasteiger partial charge in [0.2, 0.25) is 0 Å². The van der Waals surface area contributed by atoms with E-state index in [0.717, 1.165) is 62.0 Å². The van der Waals surface area contributed by atoms with Gasteiger partial charge in [0.25, 0.3) is 0 Å². The van der Waals surface area contributed by atoms with Gasteiger partial charge in [0.1, 0.15) is 0 Å². The number of hydrogen-bond donors (Lipinski definition) is 0. The van der Waals surface area contributed by atoms with Crippen molar-refractivity contribution < 1.29 is 14.2 Å². The topological polar surface area (TPSA) is 58.4 Å². The van der Waals surface area contributed by atoms with E-state index < -0.39 is 0 Å². The van der Waals surface area contributed by atoms with Crippen LogP contribution in [-0.2, 0) is 20.8 Å². The molecule has 0 N–H and O–H groups in total. The summed E-state index contributed by atoms with van der Waals surface area (Å²) in [7, 11) is 0. The zero-order chi connectivity index (χ0) is 15.5. The van der Waals surface area contributed by atoms with Gasteiger partial charge in [-0.2, -0.15) is 5.10 Å². The van der Waals surface area contributed by atoms with Gasteiger partial charge in [-0.25, -0.2) is 9.67 Å². The van der Waals surface area contributed by atoms with Gasteiger partial charge in [0, 0.05) is 24.8 Å². The molecule has 4 rings (SSSR count). The average molecular weight is 317 g/mol. The second kappa shape index (κ2) is 6.95. The minimum absolute atomic E-state index is 0.0131. The predicted molar refractivity (Wildman–Crippen MR) is 84.7 cm³/mol.